The zero-order chi connectivity index (χ0) is 12.5. The van der Waals surface area contributed by atoms with Crippen molar-refractivity contribution >= 4 is 0 Å². The van der Waals surface area contributed by atoms with Gasteiger partial charge in [0, 0.05) is 30.9 Å². The first kappa shape index (κ1) is 12.2. The van der Waals surface area contributed by atoms with Gasteiger partial charge in [-0.2, -0.15) is 5.10 Å². The molecule has 4 heteroatoms. The molecule has 0 saturated carbocycles. The van der Waals surface area contributed by atoms with E-state index in [1.807, 2.05) is 4.68 Å². The van der Waals surface area contributed by atoms with Gasteiger partial charge in [-0.05, 0) is 51.7 Å². The quantitative estimate of drug-likeness (QED) is 0.876. The van der Waals surface area contributed by atoms with Crippen LogP contribution in [-0.2, 0) is 13.5 Å². The summed E-state index contributed by atoms with van der Waals surface area (Å²) in [6, 6.07) is 0.536. The van der Waals surface area contributed by atoms with E-state index in [1.54, 1.807) is 0 Å². The average molecular weight is 248 g/mol. The second-order valence-corrected chi connectivity index (χ2v) is 5.94. The second kappa shape index (κ2) is 5.02. The molecule has 2 unspecified atom stereocenters. The van der Waals surface area contributed by atoms with E-state index in [4.69, 9.17) is 0 Å². The maximum atomic E-state index is 4.41. The molecule has 0 amide bonds. The van der Waals surface area contributed by atoms with Crippen molar-refractivity contribution in [2.45, 2.75) is 31.7 Å². The van der Waals surface area contributed by atoms with Crippen LogP contribution in [-0.4, -0.2) is 41.4 Å². The standard InChI is InChI=1S/C14H24N4/c1-17-7-6-11(10-17)8-15-13-4-3-5-14-12(13)9-16-18(14)2/h9,11,13,15H,3-8,10H2,1-2H3. The average Bonchev–Trinajstić information content (AvgIpc) is 2.94. The molecule has 4 nitrogen and oxygen atoms in total. The van der Waals surface area contributed by atoms with Crippen molar-refractivity contribution in [3.63, 3.8) is 0 Å². The van der Waals surface area contributed by atoms with Crippen LogP contribution < -0.4 is 5.32 Å². The third-order valence-electron chi connectivity index (χ3n) is 4.52. The summed E-state index contributed by atoms with van der Waals surface area (Å²) in [4.78, 5) is 2.43. The fourth-order valence-corrected chi connectivity index (χ4v) is 3.42. The van der Waals surface area contributed by atoms with Gasteiger partial charge in [0.25, 0.3) is 0 Å². The highest BCUT2D eigenvalue weighted by Crippen LogP contribution is 2.29. The normalized spacial score (nSPS) is 28.6. The Morgan fingerprint density at radius 1 is 1.39 bits per heavy atom. The van der Waals surface area contributed by atoms with Crippen LogP contribution in [0, 0.1) is 5.92 Å². The van der Waals surface area contributed by atoms with Crippen LogP contribution in [0.1, 0.15) is 36.6 Å². The van der Waals surface area contributed by atoms with E-state index in [9.17, 15) is 0 Å². The molecule has 18 heavy (non-hydrogen) atoms. The van der Waals surface area contributed by atoms with Gasteiger partial charge in [-0.25, -0.2) is 0 Å². The van der Waals surface area contributed by atoms with E-state index in [2.05, 4.69) is 35.6 Å². The molecule has 0 aromatic carbocycles. The number of hydrogen-bond acceptors (Lipinski definition) is 3. The van der Waals surface area contributed by atoms with Crippen LogP contribution in [0.4, 0.5) is 0 Å². The van der Waals surface area contributed by atoms with Crippen LogP contribution in [0.2, 0.25) is 0 Å². The highest BCUT2D eigenvalue weighted by molar-refractivity contribution is 5.24. The van der Waals surface area contributed by atoms with Crippen molar-refractivity contribution < 1.29 is 0 Å². The summed E-state index contributed by atoms with van der Waals surface area (Å²) in [5, 5.41) is 8.18. The van der Waals surface area contributed by atoms with Crippen LogP contribution in [0.3, 0.4) is 0 Å². The maximum absolute atomic E-state index is 4.41. The lowest BCUT2D eigenvalue weighted by Gasteiger charge is -2.25. The topological polar surface area (TPSA) is 33.1 Å². The molecule has 1 aromatic heterocycles. The predicted octanol–water partition coefficient (Wildman–Crippen LogP) is 1.34. The molecule has 2 atom stereocenters. The van der Waals surface area contributed by atoms with Crippen molar-refractivity contribution in [2.24, 2.45) is 13.0 Å². The Morgan fingerprint density at radius 2 is 2.28 bits per heavy atom. The minimum absolute atomic E-state index is 0.536. The van der Waals surface area contributed by atoms with Gasteiger partial charge in [0.05, 0.1) is 6.20 Å². The fraction of sp³-hybridized carbons (Fsp3) is 0.786. The third-order valence-corrected chi connectivity index (χ3v) is 4.52. The van der Waals surface area contributed by atoms with E-state index in [1.165, 1.54) is 50.0 Å². The highest BCUT2D eigenvalue weighted by Gasteiger charge is 2.25. The molecule has 1 saturated heterocycles. The maximum Gasteiger partial charge on any atom is 0.0540 e. The van der Waals surface area contributed by atoms with Gasteiger partial charge in [0.2, 0.25) is 0 Å². The van der Waals surface area contributed by atoms with Crippen LogP contribution in [0.25, 0.3) is 0 Å². The van der Waals surface area contributed by atoms with Crippen LogP contribution in [0.5, 0.6) is 0 Å². The summed E-state index contributed by atoms with van der Waals surface area (Å²) < 4.78 is 2.05. The molecule has 1 aliphatic heterocycles. The smallest absolute Gasteiger partial charge is 0.0540 e. The molecule has 2 aliphatic rings. The van der Waals surface area contributed by atoms with Gasteiger partial charge >= 0.3 is 0 Å². The van der Waals surface area contributed by atoms with Crippen molar-refractivity contribution in [3.05, 3.63) is 17.5 Å². The molecule has 1 fully saturated rings. The molecule has 1 N–H and O–H groups in total. The summed E-state index contributed by atoms with van der Waals surface area (Å²) in [6.07, 6.45) is 7.15. The molecule has 1 aliphatic carbocycles. The van der Waals surface area contributed by atoms with E-state index < -0.39 is 0 Å². The number of nitrogens with one attached hydrogen (secondary N) is 1. The molecule has 100 valence electrons. The third kappa shape index (κ3) is 2.31. The number of hydrogen-bond donors (Lipinski definition) is 1. The Bertz CT molecular complexity index is 412. The lowest BCUT2D eigenvalue weighted by molar-refractivity contribution is 0.368. The monoisotopic (exact) mass is 248 g/mol. The van der Waals surface area contributed by atoms with Gasteiger partial charge in [-0.1, -0.05) is 0 Å². The van der Waals surface area contributed by atoms with E-state index >= 15 is 0 Å². The molecular weight excluding hydrogens is 224 g/mol. The first-order valence-corrected chi connectivity index (χ1v) is 7.16. The van der Waals surface area contributed by atoms with Crippen LogP contribution in [0.15, 0.2) is 6.20 Å². The zero-order valence-electron chi connectivity index (χ0n) is 11.5. The predicted molar refractivity (Wildman–Crippen MR) is 72.5 cm³/mol. The summed E-state index contributed by atoms with van der Waals surface area (Å²) in [5.41, 5.74) is 2.87. The van der Waals surface area contributed by atoms with E-state index in [-0.39, 0.29) is 0 Å². The minimum Gasteiger partial charge on any atom is -0.309 e. The van der Waals surface area contributed by atoms with E-state index in [0.717, 1.165) is 12.5 Å². The van der Waals surface area contributed by atoms with Gasteiger partial charge < -0.3 is 10.2 Å². The van der Waals surface area contributed by atoms with Crippen LogP contribution >= 0.6 is 0 Å². The number of rotatable bonds is 3. The minimum atomic E-state index is 0.536. The summed E-state index contributed by atoms with van der Waals surface area (Å²) in [5.74, 6) is 0.831. The molecule has 0 radical (unpaired) electrons. The first-order chi connectivity index (χ1) is 8.74. The summed E-state index contributed by atoms with van der Waals surface area (Å²) >= 11 is 0. The highest BCUT2D eigenvalue weighted by atomic mass is 15.3. The number of likely N-dealkylation sites (tertiary alicyclic amines) is 1. The lowest BCUT2D eigenvalue weighted by atomic mass is 9.92. The Balaban J connectivity index is 1.60. The molecule has 1 aromatic rings. The molecule has 0 spiro atoms. The van der Waals surface area contributed by atoms with Crippen molar-refractivity contribution in [2.75, 3.05) is 26.7 Å². The van der Waals surface area contributed by atoms with Gasteiger partial charge in [-0.15, -0.1) is 0 Å². The Hall–Kier alpha value is -0.870. The van der Waals surface area contributed by atoms with Gasteiger partial charge in [0.1, 0.15) is 0 Å². The van der Waals surface area contributed by atoms with Gasteiger partial charge in [0.15, 0.2) is 0 Å². The largest absolute Gasteiger partial charge is 0.309 e. The molecule has 0 bridgehead atoms. The van der Waals surface area contributed by atoms with Crippen molar-refractivity contribution in [3.8, 4) is 0 Å². The number of nitrogens with zero attached hydrogens (tertiary/aromatic N) is 3. The summed E-state index contributed by atoms with van der Waals surface area (Å²) in [6.45, 7) is 3.66. The zero-order valence-corrected chi connectivity index (χ0v) is 11.5. The number of aromatic nitrogens is 2. The second-order valence-electron chi connectivity index (χ2n) is 5.94. The number of aryl methyl sites for hydroxylation is 1. The lowest BCUT2D eigenvalue weighted by Crippen LogP contribution is -2.30. The molecule has 2 heterocycles. The molecular formula is C14H24N4. The Kier molecular flexibility index (Phi) is 3.39. The van der Waals surface area contributed by atoms with E-state index in [0.29, 0.717) is 6.04 Å². The summed E-state index contributed by atoms with van der Waals surface area (Å²) in [7, 11) is 4.28. The fourth-order valence-electron chi connectivity index (χ4n) is 3.42. The first-order valence-electron chi connectivity index (χ1n) is 7.16. The Morgan fingerprint density at radius 3 is 3.06 bits per heavy atom. The molecule has 3 rings (SSSR count). The van der Waals surface area contributed by atoms with Crippen molar-refractivity contribution in [1.82, 2.24) is 20.0 Å². The number of fused-ring (bicyclic) bond motifs is 1. The van der Waals surface area contributed by atoms with Gasteiger partial charge in [-0.3, -0.25) is 4.68 Å². The SMILES string of the molecule is CN1CCC(CNC2CCCc3c2cnn3C)C1. The Labute approximate surface area is 109 Å². The van der Waals surface area contributed by atoms with Crippen molar-refractivity contribution in [1.29, 1.82) is 0 Å².